The van der Waals surface area contributed by atoms with Crippen molar-refractivity contribution in [2.24, 2.45) is 11.7 Å². The molecular formula is C15H31N3O. The van der Waals surface area contributed by atoms with E-state index in [2.05, 4.69) is 24.1 Å². The van der Waals surface area contributed by atoms with E-state index in [9.17, 15) is 4.79 Å². The maximum absolute atomic E-state index is 11.5. The van der Waals surface area contributed by atoms with E-state index in [0.29, 0.717) is 0 Å². The summed E-state index contributed by atoms with van der Waals surface area (Å²) in [6, 6.07) is -0.192. The molecule has 19 heavy (non-hydrogen) atoms. The molecule has 0 aliphatic carbocycles. The maximum Gasteiger partial charge on any atom is 0.235 e. The Morgan fingerprint density at radius 3 is 2.74 bits per heavy atom. The highest BCUT2D eigenvalue weighted by atomic mass is 16.1. The average molecular weight is 269 g/mol. The van der Waals surface area contributed by atoms with Crippen LogP contribution in [0.3, 0.4) is 0 Å². The molecule has 0 aromatic rings. The molecule has 1 fully saturated rings. The van der Waals surface area contributed by atoms with Gasteiger partial charge in [-0.15, -0.1) is 0 Å². The van der Waals surface area contributed by atoms with Gasteiger partial charge >= 0.3 is 0 Å². The van der Waals surface area contributed by atoms with E-state index < -0.39 is 0 Å². The minimum absolute atomic E-state index is 0.192. The number of nitrogens with zero attached hydrogens (tertiary/aromatic N) is 1. The zero-order chi connectivity index (χ0) is 14.1. The van der Waals surface area contributed by atoms with Crippen molar-refractivity contribution in [3.05, 3.63) is 0 Å². The number of hydrogen-bond acceptors (Lipinski definition) is 3. The van der Waals surface area contributed by atoms with E-state index in [1.165, 1.54) is 32.1 Å². The van der Waals surface area contributed by atoms with Crippen LogP contribution in [0.5, 0.6) is 0 Å². The molecule has 1 aliphatic heterocycles. The zero-order valence-corrected chi connectivity index (χ0v) is 12.7. The van der Waals surface area contributed by atoms with Gasteiger partial charge in [-0.3, -0.25) is 4.79 Å². The Hall–Kier alpha value is -0.610. The monoisotopic (exact) mass is 269 g/mol. The second kappa shape index (κ2) is 9.32. The number of hydrogen-bond donors (Lipinski definition) is 2. The van der Waals surface area contributed by atoms with Crippen LogP contribution >= 0.6 is 0 Å². The quantitative estimate of drug-likeness (QED) is 0.706. The second-order valence-electron chi connectivity index (χ2n) is 5.80. The molecule has 2 unspecified atom stereocenters. The van der Waals surface area contributed by atoms with E-state index in [1.807, 2.05) is 0 Å². The van der Waals surface area contributed by atoms with Gasteiger partial charge in [0.05, 0.1) is 6.04 Å². The third-order valence-corrected chi connectivity index (χ3v) is 4.06. The molecule has 2 atom stereocenters. The molecule has 0 aromatic heterocycles. The third kappa shape index (κ3) is 6.39. The lowest BCUT2D eigenvalue weighted by molar-refractivity contribution is -0.120. The van der Waals surface area contributed by atoms with Gasteiger partial charge in [0, 0.05) is 6.54 Å². The van der Waals surface area contributed by atoms with Crippen molar-refractivity contribution in [2.45, 2.75) is 58.4 Å². The van der Waals surface area contributed by atoms with Crippen LogP contribution in [0.2, 0.25) is 0 Å². The van der Waals surface area contributed by atoms with Crippen LogP contribution in [0.25, 0.3) is 0 Å². The van der Waals surface area contributed by atoms with Gasteiger partial charge < -0.3 is 16.0 Å². The maximum atomic E-state index is 11.5. The second-order valence-corrected chi connectivity index (χ2v) is 5.80. The lowest BCUT2D eigenvalue weighted by Crippen LogP contribution is -2.49. The molecule has 0 bridgehead atoms. The predicted molar refractivity (Wildman–Crippen MR) is 80.0 cm³/mol. The number of rotatable bonds is 8. The van der Waals surface area contributed by atoms with Gasteiger partial charge in [-0.2, -0.15) is 0 Å². The fourth-order valence-corrected chi connectivity index (χ4v) is 2.94. The molecule has 1 aliphatic rings. The summed E-state index contributed by atoms with van der Waals surface area (Å²) in [6.07, 6.45) is 7.53. The largest absolute Gasteiger partial charge is 0.368 e. The molecule has 3 N–H and O–H groups in total. The summed E-state index contributed by atoms with van der Waals surface area (Å²) in [4.78, 5) is 13.9. The topological polar surface area (TPSA) is 58.4 Å². The van der Waals surface area contributed by atoms with Crippen molar-refractivity contribution in [2.75, 3.05) is 26.2 Å². The molecule has 0 spiro atoms. The third-order valence-electron chi connectivity index (χ3n) is 4.06. The minimum Gasteiger partial charge on any atom is -0.368 e. The summed E-state index contributed by atoms with van der Waals surface area (Å²) in [6.45, 7) is 8.22. The first-order valence-corrected chi connectivity index (χ1v) is 7.92. The minimum atomic E-state index is -0.220. The fraction of sp³-hybridized carbons (Fsp3) is 0.933. The van der Waals surface area contributed by atoms with Gasteiger partial charge in [-0.25, -0.2) is 0 Å². The summed E-state index contributed by atoms with van der Waals surface area (Å²) in [5.74, 6) is 0.661. The first kappa shape index (κ1) is 16.4. The van der Waals surface area contributed by atoms with E-state index in [1.54, 1.807) is 0 Å². The molecule has 0 aromatic carbocycles. The molecule has 112 valence electrons. The Morgan fingerprint density at radius 1 is 1.32 bits per heavy atom. The molecular weight excluding hydrogens is 238 g/mol. The number of nitrogens with two attached hydrogens (primary N) is 1. The lowest BCUT2D eigenvalue weighted by atomic mass is 9.96. The Kier molecular flexibility index (Phi) is 8.07. The molecule has 1 saturated heterocycles. The number of nitrogens with one attached hydrogen (secondary N) is 1. The van der Waals surface area contributed by atoms with Crippen LogP contribution in [0.4, 0.5) is 0 Å². The van der Waals surface area contributed by atoms with Crippen molar-refractivity contribution in [1.29, 1.82) is 0 Å². The SMILES string of the molecule is CCCNC(CN1CCCC(CCC)CC1)C(N)=O. The van der Waals surface area contributed by atoms with Gasteiger partial charge in [-0.1, -0.05) is 26.7 Å². The van der Waals surface area contributed by atoms with Crippen molar-refractivity contribution in [1.82, 2.24) is 10.2 Å². The van der Waals surface area contributed by atoms with Crippen LogP contribution in [-0.2, 0) is 4.79 Å². The Labute approximate surface area is 118 Å². The summed E-state index contributed by atoms with van der Waals surface area (Å²) in [5.41, 5.74) is 5.48. The normalized spacial score (nSPS) is 22.9. The van der Waals surface area contributed by atoms with Gasteiger partial charge in [-0.05, 0) is 51.2 Å². The van der Waals surface area contributed by atoms with E-state index in [0.717, 1.165) is 38.5 Å². The molecule has 0 radical (unpaired) electrons. The van der Waals surface area contributed by atoms with Crippen molar-refractivity contribution < 1.29 is 4.79 Å². The molecule has 4 nitrogen and oxygen atoms in total. The van der Waals surface area contributed by atoms with Crippen molar-refractivity contribution >= 4 is 5.91 Å². The summed E-state index contributed by atoms with van der Waals surface area (Å²) >= 11 is 0. The van der Waals surface area contributed by atoms with Gasteiger partial charge in [0.25, 0.3) is 0 Å². The van der Waals surface area contributed by atoms with Crippen LogP contribution in [0.15, 0.2) is 0 Å². The lowest BCUT2D eigenvalue weighted by Gasteiger charge is -2.25. The summed E-state index contributed by atoms with van der Waals surface area (Å²) in [7, 11) is 0. The molecule has 1 rings (SSSR count). The summed E-state index contributed by atoms with van der Waals surface area (Å²) in [5, 5.41) is 3.26. The zero-order valence-electron chi connectivity index (χ0n) is 12.7. The summed E-state index contributed by atoms with van der Waals surface area (Å²) < 4.78 is 0. The van der Waals surface area contributed by atoms with E-state index in [4.69, 9.17) is 5.73 Å². The number of primary amides is 1. The number of amides is 1. The number of likely N-dealkylation sites (tertiary alicyclic amines) is 1. The van der Waals surface area contributed by atoms with Crippen LogP contribution in [0, 0.1) is 5.92 Å². The van der Waals surface area contributed by atoms with Crippen LogP contribution in [0.1, 0.15) is 52.4 Å². The highest BCUT2D eigenvalue weighted by molar-refractivity contribution is 5.80. The van der Waals surface area contributed by atoms with Crippen molar-refractivity contribution in [3.8, 4) is 0 Å². The number of carbonyl (C=O) groups excluding carboxylic acids is 1. The average Bonchev–Trinajstić information content (AvgIpc) is 2.60. The smallest absolute Gasteiger partial charge is 0.235 e. The standard InChI is InChI=1S/C15H31N3O/c1-3-6-13-7-5-10-18(11-8-13)12-14(15(16)19)17-9-4-2/h13-14,17H,3-12H2,1-2H3,(H2,16,19). The van der Waals surface area contributed by atoms with E-state index >= 15 is 0 Å². The van der Waals surface area contributed by atoms with Gasteiger partial charge in [0.1, 0.15) is 0 Å². The van der Waals surface area contributed by atoms with Crippen LogP contribution in [-0.4, -0.2) is 43.0 Å². The highest BCUT2D eigenvalue weighted by Crippen LogP contribution is 2.21. The first-order valence-electron chi connectivity index (χ1n) is 7.92. The van der Waals surface area contributed by atoms with E-state index in [-0.39, 0.29) is 11.9 Å². The molecule has 1 amide bonds. The van der Waals surface area contributed by atoms with Crippen molar-refractivity contribution in [3.63, 3.8) is 0 Å². The van der Waals surface area contributed by atoms with Crippen LogP contribution < -0.4 is 11.1 Å². The first-order chi connectivity index (χ1) is 9.17. The molecule has 1 heterocycles. The molecule has 4 heteroatoms. The van der Waals surface area contributed by atoms with Gasteiger partial charge in [0.15, 0.2) is 0 Å². The Morgan fingerprint density at radius 2 is 2.11 bits per heavy atom. The fourth-order valence-electron chi connectivity index (χ4n) is 2.94. The molecule has 0 saturated carbocycles. The number of carbonyl (C=O) groups is 1. The predicted octanol–water partition coefficient (Wildman–Crippen LogP) is 1.74. The Balaban J connectivity index is 2.39. The Bertz CT molecular complexity index is 258. The van der Waals surface area contributed by atoms with Gasteiger partial charge in [0.2, 0.25) is 5.91 Å². The highest BCUT2D eigenvalue weighted by Gasteiger charge is 2.21.